The molecular weight excluding hydrogens is 288 g/mol. The van der Waals surface area contributed by atoms with Crippen LogP contribution in [0.2, 0.25) is 0 Å². The highest BCUT2D eigenvalue weighted by molar-refractivity contribution is 5.94. The molecule has 0 aromatic heterocycles. The Bertz CT molecular complexity index is 517. The molecule has 1 aromatic carbocycles. The van der Waals surface area contributed by atoms with Crippen LogP contribution in [0.5, 0.6) is 0 Å². The van der Waals surface area contributed by atoms with Gasteiger partial charge < -0.3 is 10.2 Å². The van der Waals surface area contributed by atoms with Crippen molar-refractivity contribution in [1.29, 1.82) is 0 Å². The Balaban J connectivity index is 1.96. The zero-order valence-electron chi connectivity index (χ0n) is 14.3. The van der Waals surface area contributed by atoms with Gasteiger partial charge in [-0.15, -0.1) is 0 Å². The molecule has 0 radical (unpaired) electrons. The molecule has 0 saturated heterocycles. The van der Waals surface area contributed by atoms with Gasteiger partial charge in [0.1, 0.15) is 0 Å². The second-order valence-corrected chi connectivity index (χ2v) is 6.52. The average Bonchev–Trinajstić information content (AvgIpc) is 2.52. The first-order valence-corrected chi connectivity index (χ1v) is 8.68. The molecule has 4 nitrogen and oxygen atoms in total. The molecule has 0 spiro atoms. The predicted molar refractivity (Wildman–Crippen MR) is 92.2 cm³/mol. The fourth-order valence-corrected chi connectivity index (χ4v) is 3.18. The molecule has 23 heavy (non-hydrogen) atoms. The molecule has 1 aliphatic carbocycles. The van der Waals surface area contributed by atoms with Crippen LogP contribution in [-0.4, -0.2) is 29.8 Å². The van der Waals surface area contributed by atoms with Crippen molar-refractivity contribution in [3.05, 3.63) is 35.4 Å². The molecule has 1 saturated carbocycles. The van der Waals surface area contributed by atoms with Gasteiger partial charge in [-0.05, 0) is 30.5 Å². The summed E-state index contributed by atoms with van der Waals surface area (Å²) in [6, 6.07) is 7.91. The Hall–Kier alpha value is -1.84. The van der Waals surface area contributed by atoms with E-state index >= 15 is 0 Å². The number of carbonyl (C=O) groups is 2. The van der Waals surface area contributed by atoms with Crippen LogP contribution in [0.15, 0.2) is 24.3 Å². The molecule has 1 aliphatic rings. The second kappa shape index (κ2) is 8.70. The quantitative estimate of drug-likeness (QED) is 0.924. The SMILES string of the molecule is CC(=O)NCc1ccc(C(=O)N(C)C2CCCCCCC2)cc1. The van der Waals surface area contributed by atoms with Crippen LogP contribution < -0.4 is 5.32 Å². The van der Waals surface area contributed by atoms with E-state index in [4.69, 9.17) is 0 Å². The summed E-state index contributed by atoms with van der Waals surface area (Å²) in [7, 11) is 1.93. The summed E-state index contributed by atoms with van der Waals surface area (Å²) < 4.78 is 0. The second-order valence-electron chi connectivity index (χ2n) is 6.52. The van der Waals surface area contributed by atoms with Gasteiger partial charge in [0.25, 0.3) is 5.91 Å². The molecule has 1 fully saturated rings. The number of rotatable bonds is 4. The highest BCUT2D eigenvalue weighted by Crippen LogP contribution is 2.22. The lowest BCUT2D eigenvalue weighted by Gasteiger charge is -2.30. The van der Waals surface area contributed by atoms with Gasteiger partial charge in [0.2, 0.25) is 5.91 Å². The van der Waals surface area contributed by atoms with Gasteiger partial charge in [-0.1, -0.05) is 44.2 Å². The van der Waals surface area contributed by atoms with Gasteiger partial charge in [0, 0.05) is 32.1 Å². The topological polar surface area (TPSA) is 49.4 Å². The van der Waals surface area contributed by atoms with Crippen LogP contribution in [0, 0.1) is 0 Å². The van der Waals surface area contributed by atoms with Crippen LogP contribution >= 0.6 is 0 Å². The molecule has 1 N–H and O–H groups in total. The molecule has 0 unspecified atom stereocenters. The minimum absolute atomic E-state index is 0.0471. The maximum Gasteiger partial charge on any atom is 0.253 e. The van der Waals surface area contributed by atoms with E-state index in [0.29, 0.717) is 12.6 Å². The van der Waals surface area contributed by atoms with Crippen molar-refractivity contribution >= 4 is 11.8 Å². The molecule has 2 amide bonds. The number of nitrogens with zero attached hydrogens (tertiary/aromatic N) is 1. The number of nitrogens with one attached hydrogen (secondary N) is 1. The largest absolute Gasteiger partial charge is 0.352 e. The van der Waals surface area contributed by atoms with Gasteiger partial charge in [-0.25, -0.2) is 0 Å². The first kappa shape index (κ1) is 17.5. The van der Waals surface area contributed by atoms with Gasteiger partial charge in [-0.2, -0.15) is 0 Å². The maximum absolute atomic E-state index is 12.7. The number of amides is 2. The van der Waals surface area contributed by atoms with Crippen LogP contribution in [0.1, 0.15) is 67.8 Å². The Morgan fingerprint density at radius 2 is 1.61 bits per heavy atom. The van der Waals surface area contributed by atoms with E-state index in [-0.39, 0.29) is 11.8 Å². The van der Waals surface area contributed by atoms with Crippen molar-refractivity contribution in [2.24, 2.45) is 0 Å². The summed E-state index contributed by atoms with van der Waals surface area (Å²) in [6.45, 7) is 2.00. The van der Waals surface area contributed by atoms with Crippen LogP contribution in [0.25, 0.3) is 0 Å². The molecule has 0 atom stereocenters. The van der Waals surface area contributed by atoms with Crippen molar-refractivity contribution in [3.63, 3.8) is 0 Å². The molecule has 2 rings (SSSR count). The lowest BCUT2D eigenvalue weighted by atomic mass is 9.95. The molecule has 4 heteroatoms. The van der Waals surface area contributed by atoms with E-state index in [2.05, 4.69) is 5.32 Å². The van der Waals surface area contributed by atoms with Gasteiger partial charge >= 0.3 is 0 Å². The lowest BCUT2D eigenvalue weighted by molar-refractivity contribution is -0.119. The van der Waals surface area contributed by atoms with Crippen molar-refractivity contribution in [2.45, 2.75) is 64.5 Å². The standard InChI is InChI=1S/C19H28N2O2/c1-15(22)20-14-16-10-12-17(13-11-16)19(23)21(2)18-8-6-4-3-5-7-9-18/h10-13,18H,3-9,14H2,1-2H3,(H,20,22). The maximum atomic E-state index is 12.7. The van der Waals surface area contributed by atoms with E-state index in [1.807, 2.05) is 36.2 Å². The van der Waals surface area contributed by atoms with E-state index in [0.717, 1.165) is 24.0 Å². The molecular formula is C19H28N2O2. The summed E-state index contributed by atoms with van der Waals surface area (Å²) >= 11 is 0. The third kappa shape index (κ3) is 5.38. The van der Waals surface area contributed by atoms with Crippen LogP contribution in [0.3, 0.4) is 0 Å². The average molecular weight is 316 g/mol. The molecule has 0 bridgehead atoms. The number of benzene rings is 1. The van der Waals surface area contributed by atoms with E-state index in [9.17, 15) is 9.59 Å². The zero-order valence-corrected chi connectivity index (χ0v) is 14.3. The Morgan fingerprint density at radius 3 is 2.17 bits per heavy atom. The van der Waals surface area contributed by atoms with Crippen LogP contribution in [0.4, 0.5) is 0 Å². The third-order valence-electron chi connectivity index (χ3n) is 4.69. The molecule has 126 valence electrons. The smallest absolute Gasteiger partial charge is 0.253 e. The minimum Gasteiger partial charge on any atom is -0.352 e. The lowest BCUT2D eigenvalue weighted by Crippen LogP contribution is -2.37. The Kier molecular flexibility index (Phi) is 6.63. The van der Waals surface area contributed by atoms with E-state index in [1.54, 1.807) is 0 Å². The summed E-state index contributed by atoms with van der Waals surface area (Å²) in [5, 5.41) is 2.76. The Morgan fingerprint density at radius 1 is 1.04 bits per heavy atom. The first-order chi connectivity index (χ1) is 11.1. The molecule has 0 aliphatic heterocycles. The molecule has 0 heterocycles. The number of hydrogen-bond acceptors (Lipinski definition) is 2. The minimum atomic E-state index is -0.0471. The van der Waals surface area contributed by atoms with Gasteiger partial charge in [0.05, 0.1) is 0 Å². The number of hydrogen-bond donors (Lipinski definition) is 1. The number of carbonyl (C=O) groups excluding carboxylic acids is 2. The van der Waals surface area contributed by atoms with Gasteiger partial charge in [0.15, 0.2) is 0 Å². The fraction of sp³-hybridized carbons (Fsp3) is 0.579. The highest BCUT2D eigenvalue weighted by Gasteiger charge is 2.21. The summed E-state index contributed by atoms with van der Waals surface area (Å²) in [5.41, 5.74) is 1.73. The summed E-state index contributed by atoms with van der Waals surface area (Å²) in [4.78, 5) is 25.5. The third-order valence-corrected chi connectivity index (χ3v) is 4.69. The normalized spacial score (nSPS) is 16.3. The van der Waals surface area contributed by atoms with Gasteiger partial charge in [-0.3, -0.25) is 9.59 Å². The molecule has 1 aromatic rings. The van der Waals surface area contributed by atoms with Crippen molar-refractivity contribution < 1.29 is 9.59 Å². The summed E-state index contributed by atoms with van der Waals surface area (Å²) in [6.07, 6.45) is 8.58. The van der Waals surface area contributed by atoms with Crippen molar-refractivity contribution in [1.82, 2.24) is 10.2 Å². The fourth-order valence-electron chi connectivity index (χ4n) is 3.18. The Labute approximate surface area is 139 Å². The zero-order chi connectivity index (χ0) is 16.7. The van der Waals surface area contributed by atoms with Crippen molar-refractivity contribution in [3.8, 4) is 0 Å². The monoisotopic (exact) mass is 316 g/mol. The van der Waals surface area contributed by atoms with Crippen molar-refractivity contribution in [2.75, 3.05) is 7.05 Å². The summed E-state index contributed by atoms with van der Waals surface area (Å²) in [5.74, 6) is 0.0517. The van der Waals surface area contributed by atoms with E-state index < -0.39 is 0 Å². The highest BCUT2D eigenvalue weighted by atomic mass is 16.2. The van der Waals surface area contributed by atoms with E-state index in [1.165, 1.54) is 39.0 Å². The predicted octanol–water partition coefficient (Wildman–Crippen LogP) is 3.51. The van der Waals surface area contributed by atoms with Crippen LogP contribution in [-0.2, 0) is 11.3 Å². The first-order valence-electron chi connectivity index (χ1n) is 8.68.